The molecule has 29 heavy (non-hydrogen) atoms. The Kier molecular flexibility index (Phi) is 6.63. The third-order valence-electron chi connectivity index (χ3n) is 4.70. The van der Waals surface area contributed by atoms with Crippen molar-refractivity contribution in [3.63, 3.8) is 0 Å². The normalized spacial score (nSPS) is 13.6. The van der Waals surface area contributed by atoms with Crippen molar-refractivity contribution in [3.8, 4) is 0 Å². The lowest BCUT2D eigenvalue weighted by atomic mass is 10.1. The summed E-state index contributed by atoms with van der Waals surface area (Å²) in [4.78, 5) is 26.5. The first-order valence-electron chi connectivity index (χ1n) is 9.29. The molecule has 3 rings (SSSR count). The van der Waals surface area contributed by atoms with Crippen LogP contribution < -0.4 is 11.1 Å². The molecule has 0 saturated carbocycles. The summed E-state index contributed by atoms with van der Waals surface area (Å²) in [5.41, 5.74) is 10.6. The van der Waals surface area contributed by atoms with Gasteiger partial charge in [-0.05, 0) is 61.2 Å². The molecule has 0 aromatic heterocycles. The molecule has 2 aromatic carbocycles. The highest BCUT2D eigenvalue weighted by Crippen LogP contribution is 2.27. The van der Waals surface area contributed by atoms with Crippen molar-refractivity contribution in [2.75, 3.05) is 5.32 Å². The average Bonchev–Trinajstić information content (AvgIpc) is 3.05. The van der Waals surface area contributed by atoms with Crippen LogP contribution in [0.4, 0.5) is 5.69 Å². The van der Waals surface area contributed by atoms with Gasteiger partial charge in [0.1, 0.15) is 0 Å². The Bertz CT molecular complexity index is 984. The summed E-state index contributed by atoms with van der Waals surface area (Å²) in [7, 11) is 0. The van der Waals surface area contributed by atoms with Gasteiger partial charge in [-0.2, -0.15) is 0 Å². The van der Waals surface area contributed by atoms with Gasteiger partial charge in [0, 0.05) is 34.9 Å². The molecule has 0 bridgehead atoms. The van der Waals surface area contributed by atoms with E-state index >= 15 is 0 Å². The Labute approximate surface area is 180 Å². The summed E-state index contributed by atoms with van der Waals surface area (Å²) >= 11 is 12.1. The van der Waals surface area contributed by atoms with Gasteiger partial charge in [-0.15, -0.1) is 0 Å². The van der Waals surface area contributed by atoms with Gasteiger partial charge in [-0.1, -0.05) is 40.9 Å². The number of allylic oxidation sites excluding steroid dienone is 1. The molecule has 1 aliphatic rings. The van der Waals surface area contributed by atoms with Gasteiger partial charge >= 0.3 is 0 Å². The minimum absolute atomic E-state index is 0.137. The molecule has 7 heteroatoms. The number of fused-ring (bicyclic) bond motifs is 1. The molecule has 5 nitrogen and oxygen atoms in total. The summed E-state index contributed by atoms with van der Waals surface area (Å²) in [5, 5.41) is 3.89. The quantitative estimate of drug-likeness (QED) is 0.692. The first-order chi connectivity index (χ1) is 13.7. The molecule has 152 valence electrons. The average molecular weight is 432 g/mol. The van der Waals surface area contributed by atoms with Gasteiger partial charge in [-0.3, -0.25) is 9.59 Å². The summed E-state index contributed by atoms with van der Waals surface area (Å²) in [6.07, 6.45) is 1.88. The minimum Gasteiger partial charge on any atom is -0.333 e. The van der Waals surface area contributed by atoms with Crippen LogP contribution in [-0.4, -0.2) is 22.8 Å². The van der Waals surface area contributed by atoms with Crippen LogP contribution in [0.25, 0.3) is 0 Å². The molecule has 2 amide bonds. The predicted molar refractivity (Wildman–Crippen MR) is 117 cm³/mol. The molecule has 3 N–H and O–H groups in total. The second kappa shape index (κ2) is 8.99. The first-order valence-corrected chi connectivity index (χ1v) is 10.0. The SMILES string of the molecule is CC(C)=CC(=O)Nc1ccc2c(c1)CN(C(=O)[C@H](N)Cc1ccc(Cl)cc1Cl)C2. The van der Waals surface area contributed by atoms with E-state index < -0.39 is 6.04 Å². The van der Waals surface area contributed by atoms with Crippen molar-refractivity contribution >= 4 is 40.7 Å². The Morgan fingerprint density at radius 1 is 1.14 bits per heavy atom. The first kappa shape index (κ1) is 21.4. The summed E-state index contributed by atoms with van der Waals surface area (Å²) < 4.78 is 0. The van der Waals surface area contributed by atoms with Crippen LogP contribution in [0.2, 0.25) is 10.0 Å². The molecular formula is C22H23Cl2N3O2. The van der Waals surface area contributed by atoms with E-state index in [4.69, 9.17) is 28.9 Å². The van der Waals surface area contributed by atoms with Gasteiger partial charge < -0.3 is 16.0 Å². The van der Waals surface area contributed by atoms with Crippen LogP contribution in [0.15, 0.2) is 48.0 Å². The lowest BCUT2D eigenvalue weighted by Gasteiger charge is -2.20. The number of amides is 2. The van der Waals surface area contributed by atoms with E-state index in [1.807, 2.05) is 32.0 Å². The van der Waals surface area contributed by atoms with Gasteiger partial charge in [0.05, 0.1) is 6.04 Å². The van der Waals surface area contributed by atoms with Crippen LogP contribution in [0.3, 0.4) is 0 Å². The third-order valence-corrected chi connectivity index (χ3v) is 5.29. The van der Waals surface area contributed by atoms with Crippen molar-refractivity contribution in [1.82, 2.24) is 4.90 Å². The third kappa shape index (κ3) is 5.38. The van der Waals surface area contributed by atoms with Crippen molar-refractivity contribution in [1.29, 1.82) is 0 Å². The Morgan fingerprint density at radius 2 is 1.86 bits per heavy atom. The number of hydrogen-bond donors (Lipinski definition) is 2. The molecule has 2 aromatic rings. The fraction of sp³-hybridized carbons (Fsp3) is 0.273. The minimum atomic E-state index is -0.695. The van der Waals surface area contributed by atoms with E-state index in [1.54, 1.807) is 29.2 Å². The van der Waals surface area contributed by atoms with Gasteiger partial charge in [0.25, 0.3) is 0 Å². The maximum Gasteiger partial charge on any atom is 0.248 e. The molecule has 1 heterocycles. The number of halogens is 2. The number of nitrogens with one attached hydrogen (secondary N) is 1. The monoisotopic (exact) mass is 431 g/mol. The number of nitrogens with two attached hydrogens (primary N) is 1. The van der Waals surface area contributed by atoms with Crippen molar-refractivity contribution in [3.05, 3.63) is 74.8 Å². The van der Waals surface area contributed by atoms with E-state index in [0.29, 0.717) is 35.2 Å². The molecule has 0 saturated heterocycles. The number of anilines is 1. The van der Waals surface area contributed by atoms with Crippen molar-refractivity contribution in [2.24, 2.45) is 5.73 Å². The predicted octanol–water partition coefficient (Wildman–Crippen LogP) is 4.31. The largest absolute Gasteiger partial charge is 0.333 e. The molecular weight excluding hydrogens is 409 g/mol. The van der Waals surface area contributed by atoms with Gasteiger partial charge in [0.2, 0.25) is 11.8 Å². The highest BCUT2D eigenvalue weighted by molar-refractivity contribution is 6.35. The molecule has 0 fully saturated rings. The number of benzene rings is 2. The van der Waals surface area contributed by atoms with Crippen molar-refractivity contribution in [2.45, 2.75) is 39.4 Å². The summed E-state index contributed by atoms with van der Waals surface area (Å²) in [5.74, 6) is -0.305. The van der Waals surface area contributed by atoms with Crippen LogP contribution >= 0.6 is 23.2 Å². The zero-order chi connectivity index (χ0) is 21.1. The molecule has 1 atom stereocenters. The standard InChI is InChI=1S/C22H23Cl2N3O2/c1-13(2)7-21(28)26-18-6-4-15-11-27(12-16(15)8-18)22(29)20(25)9-14-3-5-17(23)10-19(14)24/h3-8,10,20H,9,11-12,25H2,1-2H3,(H,26,28)/t20-/m1/s1. The molecule has 0 unspecified atom stereocenters. The van der Waals surface area contributed by atoms with Crippen LogP contribution in [0.5, 0.6) is 0 Å². The number of hydrogen-bond acceptors (Lipinski definition) is 3. The summed E-state index contributed by atoms with van der Waals surface area (Å²) in [6.45, 7) is 4.69. The number of carbonyl (C=O) groups excluding carboxylic acids is 2. The fourth-order valence-electron chi connectivity index (χ4n) is 3.31. The lowest BCUT2D eigenvalue weighted by molar-refractivity contribution is -0.133. The molecule has 0 radical (unpaired) electrons. The van der Waals surface area contributed by atoms with Gasteiger partial charge in [-0.25, -0.2) is 0 Å². The van der Waals surface area contributed by atoms with Gasteiger partial charge in [0.15, 0.2) is 0 Å². The second-order valence-corrected chi connectivity index (χ2v) is 8.28. The topological polar surface area (TPSA) is 75.4 Å². The van der Waals surface area contributed by atoms with E-state index in [0.717, 1.165) is 22.3 Å². The van der Waals surface area contributed by atoms with Crippen LogP contribution in [-0.2, 0) is 29.1 Å². The van der Waals surface area contributed by atoms with Crippen molar-refractivity contribution < 1.29 is 9.59 Å². The molecule has 0 aliphatic carbocycles. The van der Waals surface area contributed by atoms with E-state index in [9.17, 15) is 9.59 Å². The highest BCUT2D eigenvalue weighted by Gasteiger charge is 2.28. The zero-order valence-corrected chi connectivity index (χ0v) is 17.8. The molecule has 0 spiro atoms. The maximum absolute atomic E-state index is 12.8. The van der Waals surface area contributed by atoms with Crippen LogP contribution in [0, 0.1) is 0 Å². The number of nitrogens with zero attached hydrogens (tertiary/aromatic N) is 1. The van der Waals surface area contributed by atoms with E-state index in [1.165, 1.54) is 0 Å². The summed E-state index contributed by atoms with van der Waals surface area (Å²) in [6, 6.07) is 10.2. The second-order valence-electron chi connectivity index (χ2n) is 7.44. The highest BCUT2D eigenvalue weighted by atomic mass is 35.5. The number of rotatable bonds is 5. The lowest BCUT2D eigenvalue weighted by Crippen LogP contribution is -2.42. The van der Waals surface area contributed by atoms with E-state index in [-0.39, 0.29) is 11.8 Å². The maximum atomic E-state index is 12.8. The Balaban J connectivity index is 1.65. The fourth-order valence-corrected chi connectivity index (χ4v) is 3.80. The van der Waals surface area contributed by atoms with E-state index in [2.05, 4.69) is 5.32 Å². The molecule has 1 aliphatic heterocycles. The Hall–Kier alpha value is -2.34. The smallest absolute Gasteiger partial charge is 0.248 e. The van der Waals surface area contributed by atoms with Crippen LogP contribution in [0.1, 0.15) is 30.5 Å². The zero-order valence-electron chi connectivity index (χ0n) is 16.3. The Morgan fingerprint density at radius 3 is 2.55 bits per heavy atom. The number of carbonyl (C=O) groups is 2.